The van der Waals surface area contributed by atoms with E-state index in [0.29, 0.717) is 17.4 Å². The van der Waals surface area contributed by atoms with Crippen LogP contribution in [0.2, 0.25) is 0 Å². The van der Waals surface area contributed by atoms with Crippen LogP contribution in [0.1, 0.15) is 348 Å². The molecule has 0 rings (SSSR count). The standard InChI is InChI=1S/C76H139NO8/c1-6-8-10-12-14-16-18-20-22-24-26-28-30-31-32-33-34-35-36-37-38-39-40-41-42-43-45-47-49-51-53-55-57-59-61-63-65-67-74(79)85-72(71-84-76(75(80)81)82-69-68-77(3,4)5)70-83-73(78)66-64-62-60-58-56-54-52-50-48-46-44-29-27-25-23-21-19-17-15-13-11-9-7-2/h8,10,14,16,20,22,25-28,72,76H,6-7,9,11-13,15,17-19,21,23-24,29-71H2,1-5H3/p+1/b10-8-,16-14-,22-20-,27-25-,28-26-. The third kappa shape index (κ3) is 68.3. The van der Waals surface area contributed by atoms with Crippen LogP contribution in [0.5, 0.6) is 0 Å². The molecule has 0 amide bonds. The van der Waals surface area contributed by atoms with Crippen molar-refractivity contribution in [2.45, 2.75) is 360 Å². The van der Waals surface area contributed by atoms with E-state index in [2.05, 4.69) is 74.6 Å². The summed E-state index contributed by atoms with van der Waals surface area (Å²) in [6, 6.07) is 0. The number of carboxylic acid groups (broad SMARTS) is 1. The number of carboxylic acids is 1. The monoisotopic (exact) mass is 1200 g/mol. The zero-order valence-corrected chi connectivity index (χ0v) is 56.8. The lowest BCUT2D eigenvalue weighted by Crippen LogP contribution is -2.40. The Morgan fingerprint density at radius 1 is 0.365 bits per heavy atom. The zero-order chi connectivity index (χ0) is 61.9. The first-order chi connectivity index (χ1) is 41.6. The zero-order valence-electron chi connectivity index (χ0n) is 56.8. The predicted molar refractivity (Wildman–Crippen MR) is 364 cm³/mol. The van der Waals surface area contributed by atoms with E-state index in [1.165, 1.54) is 257 Å². The summed E-state index contributed by atoms with van der Waals surface area (Å²) in [5.74, 6) is -1.98. The van der Waals surface area contributed by atoms with Crippen LogP contribution >= 0.6 is 0 Å². The average molecular weight is 1200 g/mol. The number of allylic oxidation sites excluding steroid dienone is 10. The number of nitrogens with zero attached hydrogens (tertiary/aromatic N) is 1. The summed E-state index contributed by atoms with van der Waals surface area (Å²) in [5, 5.41) is 9.75. The number of hydrogen-bond acceptors (Lipinski definition) is 7. The van der Waals surface area contributed by atoms with E-state index in [1.807, 2.05) is 21.1 Å². The van der Waals surface area contributed by atoms with E-state index in [4.69, 9.17) is 18.9 Å². The second-order valence-corrected chi connectivity index (χ2v) is 25.9. The van der Waals surface area contributed by atoms with Crippen molar-refractivity contribution in [3.05, 3.63) is 60.8 Å². The number of unbranched alkanes of at least 4 members (excludes halogenated alkanes) is 43. The predicted octanol–water partition coefficient (Wildman–Crippen LogP) is 22.7. The smallest absolute Gasteiger partial charge is 0.361 e. The Labute approximate surface area is 526 Å². The average Bonchev–Trinajstić information content (AvgIpc) is 3.48. The Morgan fingerprint density at radius 2 is 0.671 bits per heavy atom. The molecule has 0 aromatic carbocycles. The van der Waals surface area contributed by atoms with E-state index < -0.39 is 18.4 Å². The summed E-state index contributed by atoms with van der Waals surface area (Å²) in [7, 11) is 5.99. The molecule has 0 saturated carbocycles. The van der Waals surface area contributed by atoms with Crippen molar-refractivity contribution in [3.63, 3.8) is 0 Å². The topological polar surface area (TPSA) is 108 Å². The fraction of sp³-hybridized carbons (Fsp3) is 0.829. The summed E-state index contributed by atoms with van der Waals surface area (Å²) in [5.41, 5.74) is 0. The van der Waals surface area contributed by atoms with Gasteiger partial charge in [-0.2, -0.15) is 0 Å². The van der Waals surface area contributed by atoms with Crippen molar-refractivity contribution in [1.29, 1.82) is 0 Å². The molecule has 0 radical (unpaired) electrons. The molecule has 496 valence electrons. The van der Waals surface area contributed by atoms with Gasteiger partial charge in [0.15, 0.2) is 6.10 Å². The lowest BCUT2D eigenvalue weighted by molar-refractivity contribution is -0.870. The summed E-state index contributed by atoms with van der Waals surface area (Å²) in [6.07, 6.45) is 84.9. The largest absolute Gasteiger partial charge is 0.477 e. The number of carbonyl (C=O) groups excluding carboxylic acids is 2. The van der Waals surface area contributed by atoms with Crippen molar-refractivity contribution in [1.82, 2.24) is 0 Å². The van der Waals surface area contributed by atoms with E-state index in [-0.39, 0.29) is 38.2 Å². The number of rotatable bonds is 68. The van der Waals surface area contributed by atoms with Crippen LogP contribution in [0.4, 0.5) is 0 Å². The van der Waals surface area contributed by atoms with Crippen LogP contribution < -0.4 is 0 Å². The van der Waals surface area contributed by atoms with Gasteiger partial charge in [-0.3, -0.25) is 9.59 Å². The number of esters is 2. The molecule has 0 aromatic rings. The number of likely N-dealkylation sites (N-methyl/N-ethyl adjacent to an activating group) is 1. The number of ether oxygens (including phenoxy) is 4. The highest BCUT2D eigenvalue weighted by Gasteiger charge is 2.25. The lowest BCUT2D eigenvalue weighted by atomic mass is 10.0. The van der Waals surface area contributed by atoms with Crippen LogP contribution in [0.15, 0.2) is 60.8 Å². The van der Waals surface area contributed by atoms with Gasteiger partial charge in [0.05, 0.1) is 34.4 Å². The number of quaternary nitrogens is 1. The molecule has 0 bridgehead atoms. The highest BCUT2D eigenvalue weighted by Crippen LogP contribution is 2.19. The molecule has 9 nitrogen and oxygen atoms in total. The molecule has 2 atom stereocenters. The van der Waals surface area contributed by atoms with Crippen molar-refractivity contribution < 1.29 is 42.9 Å². The van der Waals surface area contributed by atoms with Gasteiger partial charge in [0.2, 0.25) is 0 Å². The quantitative estimate of drug-likeness (QED) is 0.0211. The van der Waals surface area contributed by atoms with Crippen LogP contribution in [-0.4, -0.2) is 87.4 Å². The molecule has 0 aliphatic carbocycles. The fourth-order valence-corrected chi connectivity index (χ4v) is 10.7. The van der Waals surface area contributed by atoms with Crippen molar-refractivity contribution >= 4 is 17.9 Å². The van der Waals surface area contributed by atoms with E-state index in [0.717, 1.165) is 64.2 Å². The highest BCUT2D eigenvalue weighted by molar-refractivity contribution is 5.71. The molecule has 0 heterocycles. The molecule has 85 heavy (non-hydrogen) atoms. The molecule has 0 saturated heterocycles. The SMILES string of the molecule is CC/C=C\C/C=C\C/C=C\C/C=C\CCCCCCCCCCCCCCCCCCCCCCCCCCC(=O)OC(COC(=O)CCCCCCCCCCCCC/C=C\CCCCCCCCCC)COC(OCC[N+](C)(C)C)C(=O)O. The van der Waals surface area contributed by atoms with Gasteiger partial charge in [0.25, 0.3) is 6.29 Å². The number of carbonyl (C=O) groups is 3. The minimum atomic E-state index is -1.51. The first-order valence-electron chi connectivity index (χ1n) is 36.5. The molecule has 0 fully saturated rings. The Morgan fingerprint density at radius 3 is 1.01 bits per heavy atom. The summed E-state index contributed by atoms with van der Waals surface area (Å²) >= 11 is 0. The first kappa shape index (κ1) is 82.0. The van der Waals surface area contributed by atoms with Crippen molar-refractivity contribution in [3.8, 4) is 0 Å². The van der Waals surface area contributed by atoms with Crippen LogP contribution in [0.3, 0.4) is 0 Å². The minimum Gasteiger partial charge on any atom is -0.477 e. The molecule has 0 aromatic heterocycles. The Bertz CT molecular complexity index is 1580. The molecular weight excluding hydrogens is 1050 g/mol. The lowest BCUT2D eigenvalue weighted by Gasteiger charge is -2.25. The Kier molecular flexibility index (Phi) is 64.6. The van der Waals surface area contributed by atoms with E-state index >= 15 is 0 Å². The van der Waals surface area contributed by atoms with Gasteiger partial charge < -0.3 is 28.5 Å². The van der Waals surface area contributed by atoms with Gasteiger partial charge in [-0.15, -0.1) is 0 Å². The Balaban J connectivity index is 4.01. The normalized spacial score (nSPS) is 13.0. The van der Waals surface area contributed by atoms with E-state index in [1.54, 1.807) is 0 Å². The fourth-order valence-electron chi connectivity index (χ4n) is 10.7. The number of aliphatic carboxylic acids is 1. The van der Waals surface area contributed by atoms with Gasteiger partial charge in [-0.1, -0.05) is 319 Å². The van der Waals surface area contributed by atoms with Crippen molar-refractivity contribution in [2.24, 2.45) is 0 Å². The van der Waals surface area contributed by atoms with Crippen LogP contribution in [0, 0.1) is 0 Å². The summed E-state index contributed by atoms with van der Waals surface area (Å²) in [4.78, 5) is 37.6. The van der Waals surface area contributed by atoms with Gasteiger partial charge >= 0.3 is 17.9 Å². The maximum absolute atomic E-state index is 13.0. The minimum absolute atomic E-state index is 0.178. The van der Waals surface area contributed by atoms with Gasteiger partial charge in [-0.25, -0.2) is 4.79 Å². The molecule has 2 unspecified atom stereocenters. The molecular formula is C76H140NO8+. The summed E-state index contributed by atoms with van der Waals surface area (Å²) in [6.45, 7) is 4.82. The highest BCUT2D eigenvalue weighted by atomic mass is 16.7. The Hall–Kier alpha value is -3.01. The molecule has 0 spiro atoms. The van der Waals surface area contributed by atoms with Crippen LogP contribution in [-0.2, 0) is 33.3 Å². The van der Waals surface area contributed by atoms with E-state index in [9.17, 15) is 19.5 Å². The van der Waals surface area contributed by atoms with Gasteiger partial charge in [0.1, 0.15) is 13.2 Å². The second-order valence-electron chi connectivity index (χ2n) is 25.9. The maximum atomic E-state index is 13.0. The van der Waals surface area contributed by atoms with Gasteiger partial charge in [-0.05, 0) is 77.0 Å². The second kappa shape index (κ2) is 66.9. The first-order valence-corrected chi connectivity index (χ1v) is 36.5. The molecule has 9 heteroatoms. The van der Waals surface area contributed by atoms with Crippen LogP contribution in [0.25, 0.3) is 0 Å². The third-order valence-electron chi connectivity index (χ3n) is 16.3. The number of hydrogen-bond donors (Lipinski definition) is 1. The molecule has 0 aliphatic rings. The molecule has 0 aliphatic heterocycles. The third-order valence-corrected chi connectivity index (χ3v) is 16.3. The molecule has 1 N–H and O–H groups in total. The maximum Gasteiger partial charge on any atom is 0.361 e. The van der Waals surface area contributed by atoms with Gasteiger partial charge in [0, 0.05) is 12.8 Å². The summed E-state index contributed by atoms with van der Waals surface area (Å²) < 4.78 is 23.0. The van der Waals surface area contributed by atoms with Crippen molar-refractivity contribution in [2.75, 3.05) is 47.5 Å².